The first-order valence-electron chi connectivity index (χ1n) is 6.57. The largest absolute Gasteiger partial charge is 0.380 e. The highest BCUT2D eigenvalue weighted by Gasteiger charge is 2.49. The van der Waals surface area contributed by atoms with Crippen molar-refractivity contribution in [2.45, 2.75) is 19.4 Å². The van der Waals surface area contributed by atoms with Gasteiger partial charge in [-0.05, 0) is 26.0 Å². The molecule has 5 nitrogen and oxygen atoms in total. The Kier molecular flexibility index (Phi) is 4.76. The molecule has 21 heavy (non-hydrogen) atoms. The van der Waals surface area contributed by atoms with Gasteiger partial charge in [0.1, 0.15) is 5.54 Å². The van der Waals surface area contributed by atoms with Crippen LogP contribution in [0.15, 0.2) is 18.2 Å². The molecule has 0 bridgehead atoms. The standard InChI is InChI=1S/C14H16Cl2N2O3/c1-3-21-7-6-18-12(19)14(2,17-13(18)20)10-5-4-9(15)8-11(10)16/h4-5,8H,3,6-7H2,1-2H3,(H,17,20). The van der Waals surface area contributed by atoms with Gasteiger partial charge in [0.25, 0.3) is 5.91 Å². The van der Waals surface area contributed by atoms with Crippen LogP contribution in [0, 0.1) is 0 Å². The molecule has 0 spiro atoms. The van der Waals surface area contributed by atoms with E-state index >= 15 is 0 Å². The number of hydrogen-bond acceptors (Lipinski definition) is 3. The van der Waals surface area contributed by atoms with Gasteiger partial charge in [-0.3, -0.25) is 9.69 Å². The van der Waals surface area contributed by atoms with Gasteiger partial charge in [0.2, 0.25) is 0 Å². The number of nitrogens with zero attached hydrogens (tertiary/aromatic N) is 1. The molecule has 1 aromatic carbocycles. The molecule has 1 N–H and O–H groups in total. The molecule has 0 saturated carbocycles. The van der Waals surface area contributed by atoms with Gasteiger partial charge in [-0.2, -0.15) is 0 Å². The first-order valence-corrected chi connectivity index (χ1v) is 7.33. The van der Waals surface area contributed by atoms with Crippen molar-refractivity contribution in [2.75, 3.05) is 19.8 Å². The second kappa shape index (κ2) is 6.22. The number of nitrogens with one attached hydrogen (secondary N) is 1. The van der Waals surface area contributed by atoms with Crippen molar-refractivity contribution < 1.29 is 14.3 Å². The summed E-state index contributed by atoms with van der Waals surface area (Å²) in [5.74, 6) is -0.351. The summed E-state index contributed by atoms with van der Waals surface area (Å²) in [6.07, 6.45) is 0. The predicted molar refractivity (Wildman–Crippen MR) is 80.6 cm³/mol. The van der Waals surface area contributed by atoms with E-state index in [2.05, 4.69) is 5.32 Å². The predicted octanol–water partition coefficient (Wildman–Crippen LogP) is 2.80. The summed E-state index contributed by atoms with van der Waals surface area (Å²) in [7, 11) is 0. The average molecular weight is 331 g/mol. The van der Waals surface area contributed by atoms with Crippen LogP contribution in [0.2, 0.25) is 10.0 Å². The summed E-state index contributed by atoms with van der Waals surface area (Å²) in [6.45, 7) is 4.52. The van der Waals surface area contributed by atoms with Crippen LogP contribution in [-0.2, 0) is 15.1 Å². The molecule has 2 rings (SSSR count). The Bertz CT molecular complexity index is 579. The fourth-order valence-electron chi connectivity index (χ4n) is 2.28. The number of carbonyl (C=O) groups excluding carboxylic acids is 2. The number of halogens is 2. The maximum atomic E-state index is 12.6. The third kappa shape index (κ3) is 3.00. The minimum atomic E-state index is -1.19. The fourth-order valence-corrected chi connectivity index (χ4v) is 2.88. The van der Waals surface area contributed by atoms with E-state index in [1.807, 2.05) is 6.92 Å². The first-order chi connectivity index (χ1) is 9.90. The first kappa shape index (κ1) is 16.1. The number of imide groups is 1. The molecule has 1 aliphatic rings. The molecule has 1 atom stereocenters. The molecule has 114 valence electrons. The van der Waals surface area contributed by atoms with E-state index in [1.54, 1.807) is 25.1 Å². The quantitative estimate of drug-likeness (QED) is 0.667. The highest BCUT2D eigenvalue weighted by atomic mass is 35.5. The van der Waals surface area contributed by atoms with Crippen molar-refractivity contribution >= 4 is 35.1 Å². The van der Waals surface area contributed by atoms with Gasteiger partial charge in [-0.25, -0.2) is 4.79 Å². The van der Waals surface area contributed by atoms with Gasteiger partial charge in [0.05, 0.1) is 13.2 Å². The Morgan fingerprint density at radius 2 is 2.05 bits per heavy atom. The monoisotopic (exact) mass is 330 g/mol. The smallest absolute Gasteiger partial charge is 0.325 e. The summed E-state index contributed by atoms with van der Waals surface area (Å²) in [6, 6.07) is 4.38. The molecular formula is C14H16Cl2N2O3. The number of amides is 3. The van der Waals surface area contributed by atoms with E-state index in [4.69, 9.17) is 27.9 Å². The molecule has 1 saturated heterocycles. The van der Waals surface area contributed by atoms with Crippen LogP contribution in [0.1, 0.15) is 19.4 Å². The second-order valence-corrected chi connectivity index (χ2v) is 5.68. The van der Waals surface area contributed by atoms with E-state index in [0.717, 1.165) is 4.90 Å². The average Bonchev–Trinajstić information content (AvgIpc) is 2.62. The maximum absolute atomic E-state index is 12.6. The summed E-state index contributed by atoms with van der Waals surface area (Å²) in [5.41, 5.74) is -0.670. The van der Waals surface area contributed by atoms with Crippen LogP contribution >= 0.6 is 23.2 Å². The van der Waals surface area contributed by atoms with Crippen LogP contribution in [0.25, 0.3) is 0 Å². The van der Waals surface area contributed by atoms with Gasteiger partial charge in [-0.1, -0.05) is 29.3 Å². The van der Waals surface area contributed by atoms with E-state index in [-0.39, 0.29) is 12.5 Å². The van der Waals surface area contributed by atoms with Crippen LogP contribution in [-0.4, -0.2) is 36.6 Å². The van der Waals surface area contributed by atoms with Gasteiger partial charge < -0.3 is 10.1 Å². The summed E-state index contributed by atoms with van der Waals surface area (Å²) < 4.78 is 5.19. The van der Waals surface area contributed by atoms with Gasteiger partial charge in [-0.15, -0.1) is 0 Å². The highest BCUT2D eigenvalue weighted by Crippen LogP contribution is 2.34. The molecule has 7 heteroatoms. The third-order valence-electron chi connectivity index (χ3n) is 3.41. The Morgan fingerprint density at radius 1 is 1.33 bits per heavy atom. The van der Waals surface area contributed by atoms with E-state index in [1.165, 1.54) is 0 Å². The number of hydrogen-bond donors (Lipinski definition) is 1. The highest BCUT2D eigenvalue weighted by molar-refractivity contribution is 6.35. The molecule has 0 aliphatic carbocycles. The van der Waals surface area contributed by atoms with Crippen molar-refractivity contribution in [1.82, 2.24) is 10.2 Å². The number of rotatable bonds is 5. The van der Waals surface area contributed by atoms with E-state index < -0.39 is 11.6 Å². The molecular weight excluding hydrogens is 315 g/mol. The molecule has 0 aromatic heterocycles. The lowest BCUT2D eigenvalue weighted by Gasteiger charge is -2.23. The Hall–Kier alpha value is -1.30. The van der Waals surface area contributed by atoms with Crippen molar-refractivity contribution in [2.24, 2.45) is 0 Å². The maximum Gasteiger partial charge on any atom is 0.325 e. The number of benzene rings is 1. The lowest BCUT2D eigenvalue weighted by Crippen LogP contribution is -2.41. The third-order valence-corrected chi connectivity index (χ3v) is 3.96. The molecule has 1 aromatic rings. The van der Waals surface area contributed by atoms with Crippen molar-refractivity contribution in [3.63, 3.8) is 0 Å². The number of carbonyl (C=O) groups is 2. The van der Waals surface area contributed by atoms with Crippen molar-refractivity contribution in [3.05, 3.63) is 33.8 Å². The lowest BCUT2D eigenvalue weighted by molar-refractivity contribution is -0.131. The Morgan fingerprint density at radius 3 is 2.67 bits per heavy atom. The van der Waals surface area contributed by atoms with Crippen LogP contribution in [0.4, 0.5) is 4.79 Å². The topological polar surface area (TPSA) is 58.6 Å². The van der Waals surface area contributed by atoms with Gasteiger partial charge >= 0.3 is 6.03 Å². The van der Waals surface area contributed by atoms with Crippen molar-refractivity contribution in [3.8, 4) is 0 Å². The SMILES string of the molecule is CCOCCN1C(=O)NC(C)(c2ccc(Cl)cc2Cl)C1=O. The molecule has 1 heterocycles. The Balaban J connectivity index is 2.27. The van der Waals surface area contributed by atoms with E-state index in [0.29, 0.717) is 28.8 Å². The van der Waals surface area contributed by atoms with Gasteiger partial charge in [0, 0.05) is 22.2 Å². The van der Waals surface area contributed by atoms with Gasteiger partial charge in [0.15, 0.2) is 0 Å². The summed E-state index contributed by atoms with van der Waals surface area (Å²) in [5, 5.41) is 3.50. The summed E-state index contributed by atoms with van der Waals surface area (Å²) in [4.78, 5) is 25.7. The minimum Gasteiger partial charge on any atom is -0.380 e. The van der Waals surface area contributed by atoms with Crippen LogP contribution in [0.3, 0.4) is 0 Å². The molecule has 1 aliphatic heterocycles. The molecule has 3 amide bonds. The van der Waals surface area contributed by atoms with Crippen LogP contribution < -0.4 is 5.32 Å². The molecule has 1 unspecified atom stereocenters. The zero-order valence-electron chi connectivity index (χ0n) is 11.8. The van der Waals surface area contributed by atoms with E-state index in [9.17, 15) is 9.59 Å². The Labute approximate surface area is 133 Å². The molecule has 0 radical (unpaired) electrons. The minimum absolute atomic E-state index is 0.208. The normalized spacial score (nSPS) is 21.8. The molecule has 1 fully saturated rings. The zero-order valence-corrected chi connectivity index (χ0v) is 13.3. The zero-order chi connectivity index (χ0) is 15.6. The summed E-state index contributed by atoms with van der Waals surface area (Å²) >= 11 is 12.0. The second-order valence-electron chi connectivity index (χ2n) is 4.83. The lowest BCUT2D eigenvalue weighted by atomic mass is 9.92. The fraction of sp³-hybridized carbons (Fsp3) is 0.429. The number of urea groups is 1. The van der Waals surface area contributed by atoms with Crippen molar-refractivity contribution in [1.29, 1.82) is 0 Å². The van der Waals surface area contributed by atoms with Crippen LogP contribution in [0.5, 0.6) is 0 Å². The number of ether oxygens (including phenoxy) is 1.